The molecule has 3 aromatic carbocycles. The molecule has 174 valence electrons. The third-order valence-corrected chi connectivity index (χ3v) is 6.15. The third-order valence-electron chi connectivity index (χ3n) is 5.62. The highest BCUT2D eigenvalue weighted by Crippen LogP contribution is 2.37. The van der Waals surface area contributed by atoms with Gasteiger partial charge >= 0.3 is 0 Å². The molecule has 34 heavy (non-hydrogen) atoms. The van der Waals surface area contributed by atoms with E-state index in [1.807, 2.05) is 19.9 Å². The van der Waals surface area contributed by atoms with E-state index in [0.29, 0.717) is 33.6 Å². The average molecular weight is 523 g/mol. The lowest BCUT2D eigenvalue weighted by Gasteiger charge is -2.14. The van der Waals surface area contributed by atoms with Crippen LogP contribution in [0.2, 0.25) is 0 Å². The standard InChI is InChI=1S/C27H23BrO6/c1-15-11-20-23(12-16(15)2)34-26(18-7-10-22(31-3)24(13-18)32-4)27(25(20)30)33-14-21(29)17-5-8-19(28)9-6-17/h5-13H,14H2,1-4H3. The van der Waals surface area contributed by atoms with Gasteiger partial charge in [-0.15, -0.1) is 0 Å². The minimum Gasteiger partial charge on any atom is -0.493 e. The fourth-order valence-electron chi connectivity index (χ4n) is 3.59. The Labute approximate surface area is 205 Å². The first kappa shape index (κ1) is 23.6. The number of Topliss-reactive ketones (excluding diaryl/α,β-unsaturated/α-hetero) is 1. The molecule has 6 nitrogen and oxygen atoms in total. The molecule has 0 unspecified atom stereocenters. The van der Waals surface area contributed by atoms with Crippen molar-refractivity contribution in [1.29, 1.82) is 0 Å². The lowest BCUT2D eigenvalue weighted by atomic mass is 10.0. The van der Waals surface area contributed by atoms with E-state index in [2.05, 4.69) is 15.9 Å². The first-order valence-electron chi connectivity index (χ1n) is 10.5. The number of hydrogen-bond donors (Lipinski definition) is 0. The maximum absolute atomic E-state index is 13.5. The van der Waals surface area contributed by atoms with Crippen molar-refractivity contribution in [3.8, 4) is 28.6 Å². The molecular formula is C27H23BrO6. The first-order chi connectivity index (χ1) is 16.3. The number of hydrogen-bond acceptors (Lipinski definition) is 6. The molecule has 0 bridgehead atoms. The fraction of sp³-hybridized carbons (Fsp3) is 0.185. The highest BCUT2D eigenvalue weighted by atomic mass is 79.9. The average Bonchev–Trinajstić information content (AvgIpc) is 2.84. The summed E-state index contributed by atoms with van der Waals surface area (Å²) in [6.07, 6.45) is 0. The molecule has 0 aliphatic rings. The van der Waals surface area contributed by atoms with Crippen molar-refractivity contribution in [2.75, 3.05) is 20.8 Å². The molecule has 0 aliphatic carbocycles. The van der Waals surface area contributed by atoms with Gasteiger partial charge in [0.2, 0.25) is 11.2 Å². The summed E-state index contributed by atoms with van der Waals surface area (Å²) in [5.41, 5.74) is 3.07. The van der Waals surface area contributed by atoms with Crippen LogP contribution in [-0.2, 0) is 0 Å². The van der Waals surface area contributed by atoms with E-state index < -0.39 is 0 Å². The lowest BCUT2D eigenvalue weighted by molar-refractivity contribution is 0.0920. The van der Waals surface area contributed by atoms with Crippen molar-refractivity contribution in [2.24, 2.45) is 0 Å². The fourth-order valence-corrected chi connectivity index (χ4v) is 3.85. The second-order valence-corrected chi connectivity index (χ2v) is 8.73. The molecule has 0 aliphatic heterocycles. The maximum atomic E-state index is 13.5. The van der Waals surface area contributed by atoms with E-state index in [-0.39, 0.29) is 29.3 Å². The SMILES string of the molecule is COc1ccc(-c2oc3cc(C)c(C)cc3c(=O)c2OCC(=O)c2ccc(Br)cc2)cc1OC. The van der Waals surface area contributed by atoms with Gasteiger partial charge in [-0.2, -0.15) is 0 Å². The van der Waals surface area contributed by atoms with Gasteiger partial charge in [-0.25, -0.2) is 0 Å². The van der Waals surface area contributed by atoms with Gasteiger partial charge < -0.3 is 18.6 Å². The quantitative estimate of drug-likeness (QED) is 0.272. The summed E-state index contributed by atoms with van der Waals surface area (Å²) in [6.45, 7) is 3.56. The van der Waals surface area contributed by atoms with Crippen LogP contribution >= 0.6 is 15.9 Å². The number of carbonyl (C=O) groups excluding carboxylic acids is 1. The second-order valence-electron chi connectivity index (χ2n) is 7.81. The highest BCUT2D eigenvalue weighted by Gasteiger charge is 2.21. The molecule has 0 saturated heterocycles. The zero-order valence-corrected chi connectivity index (χ0v) is 20.8. The molecular weight excluding hydrogens is 500 g/mol. The van der Waals surface area contributed by atoms with Crippen LogP contribution in [0.4, 0.5) is 0 Å². The maximum Gasteiger partial charge on any atom is 0.235 e. The van der Waals surface area contributed by atoms with Gasteiger partial charge in [0.05, 0.1) is 19.6 Å². The van der Waals surface area contributed by atoms with E-state index >= 15 is 0 Å². The Hall–Kier alpha value is -3.58. The smallest absolute Gasteiger partial charge is 0.235 e. The molecule has 0 saturated carbocycles. The molecule has 0 amide bonds. The monoisotopic (exact) mass is 522 g/mol. The Morgan fingerprint density at radius 2 is 1.59 bits per heavy atom. The van der Waals surface area contributed by atoms with Crippen LogP contribution in [0.15, 0.2) is 68.3 Å². The van der Waals surface area contributed by atoms with E-state index in [1.54, 1.807) is 55.6 Å². The number of ether oxygens (including phenoxy) is 3. The molecule has 7 heteroatoms. The van der Waals surface area contributed by atoms with Crippen LogP contribution in [0.1, 0.15) is 21.5 Å². The summed E-state index contributed by atoms with van der Waals surface area (Å²) in [7, 11) is 3.07. The number of ketones is 1. The summed E-state index contributed by atoms with van der Waals surface area (Å²) in [5, 5.41) is 0.387. The predicted octanol–water partition coefficient (Wildman–Crippen LogP) is 6.12. The van der Waals surface area contributed by atoms with Gasteiger partial charge in [0.1, 0.15) is 5.58 Å². The largest absolute Gasteiger partial charge is 0.493 e. The van der Waals surface area contributed by atoms with Gasteiger partial charge in [-0.3, -0.25) is 9.59 Å². The van der Waals surface area contributed by atoms with Gasteiger partial charge in [0, 0.05) is 15.6 Å². The molecule has 0 spiro atoms. The molecule has 0 atom stereocenters. The summed E-state index contributed by atoms with van der Waals surface area (Å²) in [6, 6.07) is 15.7. The van der Waals surface area contributed by atoms with Crippen molar-refractivity contribution in [1.82, 2.24) is 0 Å². The van der Waals surface area contributed by atoms with Crippen molar-refractivity contribution in [3.63, 3.8) is 0 Å². The van der Waals surface area contributed by atoms with Crippen LogP contribution < -0.4 is 19.6 Å². The van der Waals surface area contributed by atoms with E-state index in [1.165, 1.54) is 7.11 Å². The lowest BCUT2D eigenvalue weighted by Crippen LogP contribution is -2.17. The number of benzene rings is 3. The Kier molecular flexibility index (Phi) is 6.75. The van der Waals surface area contributed by atoms with Crippen LogP contribution in [0.3, 0.4) is 0 Å². The number of halogens is 1. The molecule has 4 aromatic rings. The van der Waals surface area contributed by atoms with Crippen molar-refractivity contribution < 1.29 is 23.4 Å². The second kappa shape index (κ2) is 9.73. The van der Waals surface area contributed by atoms with Crippen molar-refractivity contribution in [3.05, 3.63) is 86.0 Å². The van der Waals surface area contributed by atoms with Gasteiger partial charge in [-0.05, 0) is 67.4 Å². The molecule has 0 fully saturated rings. The molecule has 0 radical (unpaired) electrons. The van der Waals surface area contributed by atoms with E-state index in [0.717, 1.165) is 15.6 Å². The Morgan fingerprint density at radius 1 is 0.912 bits per heavy atom. The molecule has 1 aromatic heterocycles. The summed E-state index contributed by atoms with van der Waals surface area (Å²) in [4.78, 5) is 26.2. The Balaban J connectivity index is 1.83. The molecule has 1 heterocycles. The van der Waals surface area contributed by atoms with E-state index in [4.69, 9.17) is 18.6 Å². The number of fused-ring (bicyclic) bond motifs is 1. The third kappa shape index (κ3) is 4.56. The number of rotatable bonds is 7. The van der Waals surface area contributed by atoms with E-state index in [9.17, 15) is 9.59 Å². The minimum absolute atomic E-state index is 0.0339. The summed E-state index contributed by atoms with van der Waals surface area (Å²) >= 11 is 3.36. The number of carbonyl (C=O) groups is 1. The summed E-state index contributed by atoms with van der Waals surface area (Å²) in [5.74, 6) is 0.928. The van der Waals surface area contributed by atoms with Gasteiger partial charge in [0.15, 0.2) is 29.6 Å². The predicted molar refractivity (Wildman–Crippen MR) is 134 cm³/mol. The zero-order valence-electron chi connectivity index (χ0n) is 19.2. The van der Waals surface area contributed by atoms with Crippen LogP contribution in [-0.4, -0.2) is 26.6 Å². The highest BCUT2D eigenvalue weighted by molar-refractivity contribution is 9.10. The zero-order chi connectivity index (χ0) is 24.4. The first-order valence-corrected chi connectivity index (χ1v) is 11.3. The number of methoxy groups -OCH3 is 2. The van der Waals surface area contributed by atoms with Crippen LogP contribution in [0.25, 0.3) is 22.3 Å². The Morgan fingerprint density at radius 3 is 2.26 bits per heavy atom. The summed E-state index contributed by atoms with van der Waals surface area (Å²) < 4.78 is 23.6. The topological polar surface area (TPSA) is 75.0 Å². The van der Waals surface area contributed by atoms with Crippen LogP contribution in [0.5, 0.6) is 17.2 Å². The van der Waals surface area contributed by atoms with Gasteiger partial charge in [-0.1, -0.05) is 28.1 Å². The van der Waals surface area contributed by atoms with Gasteiger partial charge in [0.25, 0.3) is 0 Å². The molecule has 4 rings (SSSR count). The Bertz CT molecular complexity index is 1440. The van der Waals surface area contributed by atoms with Crippen molar-refractivity contribution >= 4 is 32.7 Å². The number of aryl methyl sites for hydroxylation is 2. The minimum atomic E-state index is -0.349. The van der Waals surface area contributed by atoms with Crippen molar-refractivity contribution in [2.45, 2.75) is 13.8 Å². The van der Waals surface area contributed by atoms with Crippen LogP contribution in [0, 0.1) is 13.8 Å². The molecule has 0 N–H and O–H groups in total. The normalized spacial score (nSPS) is 10.9.